The first kappa shape index (κ1) is 15.3. The van der Waals surface area contributed by atoms with Crippen molar-refractivity contribution in [3.8, 4) is 0 Å². The molecule has 0 amide bonds. The predicted molar refractivity (Wildman–Crippen MR) is 90.2 cm³/mol. The van der Waals surface area contributed by atoms with Crippen LogP contribution in [0.15, 0.2) is 18.2 Å². The van der Waals surface area contributed by atoms with Crippen LogP contribution in [0.3, 0.4) is 0 Å². The molecule has 2 fully saturated rings. The molecule has 3 heteroatoms. The molecule has 116 valence electrons. The lowest BCUT2D eigenvalue weighted by molar-refractivity contribution is 0.255. The zero-order valence-corrected chi connectivity index (χ0v) is 13.8. The minimum atomic E-state index is 0.652. The van der Waals surface area contributed by atoms with Gasteiger partial charge in [-0.15, -0.1) is 0 Å². The first-order valence-corrected chi connectivity index (χ1v) is 8.78. The summed E-state index contributed by atoms with van der Waals surface area (Å²) in [5, 5.41) is 4.49. The summed E-state index contributed by atoms with van der Waals surface area (Å²) in [6.07, 6.45) is 6.30. The minimum absolute atomic E-state index is 0.652. The van der Waals surface area contributed by atoms with Crippen LogP contribution in [-0.2, 0) is 6.42 Å². The van der Waals surface area contributed by atoms with Gasteiger partial charge in [-0.2, -0.15) is 0 Å². The molecule has 0 radical (unpaired) electrons. The Kier molecular flexibility index (Phi) is 5.20. The summed E-state index contributed by atoms with van der Waals surface area (Å²) in [5.74, 6) is 1.43. The lowest BCUT2D eigenvalue weighted by Gasteiger charge is -2.30. The standard InChI is InChI=1S/C18H27ClN2/c1-21-9-6-16(7-10-21)17-5-4-14(12-18(17)19)11-15-3-2-8-20-13-15/h4-5,12,15-16,20H,2-3,6-11,13H2,1H3. The van der Waals surface area contributed by atoms with Crippen LogP contribution in [0.4, 0.5) is 0 Å². The molecule has 1 aromatic rings. The fraction of sp³-hybridized carbons (Fsp3) is 0.667. The van der Waals surface area contributed by atoms with Crippen LogP contribution in [0.1, 0.15) is 42.7 Å². The molecule has 21 heavy (non-hydrogen) atoms. The third-order valence-electron chi connectivity index (χ3n) is 5.15. The molecule has 2 heterocycles. The molecule has 0 spiro atoms. The van der Waals surface area contributed by atoms with Crippen LogP contribution in [0, 0.1) is 5.92 Å². The molecule has 2 aliphatic rings. The summed E-state index contributed by atoms with van der Waals surface area (Å²) in [4.78, 5) is 2.41. The van der Waals surface area contributed by atoms with E-state index in [4.69, 9.17) is 11.6 Å². The second-order valence-corrected chi connectivity index (χ2v) is 7.26. The summed E-state index contributed by atoms with van der Waals surface area (Å²) < 4.78 is 0. The summed E-state index contributed by atoms with van der Waals surface area (Å²) in [6.45, 7) is 4.73. The van der Waals surface area contributed by atoms with Gasteiger partial charge in [-0.05, 0) is 94.4 Å². The third kappa shape index (κ3) is 4.00. The second-order valence-electron chi connectivity index (χ2n) is 6.85. The quantitative estimate of drug-likeness (QED) is 0.916. The number of piperidine rings is 2. The van der Waals surface area contributed by atoms with Gasteiger partial charge >= 0.3 is 0 Å². The molecule has 1 aromatic carbocycles. The first-order chi connectivity index (χ1) is 10.2. The number of rotatable bonds is 3. The molecule has 0 saturated carbocycles. The third-order valence-corrected chi connectivity index (χ3v) is 5.47. The Morgan fingerprint density at radius 1 is 1.24 bits per heavy atom. The minimum Gasteiger partial charge on any atom is -0.316 e. The van der Waals surface area contributed by atoms with E-state index in [1.54, 1.807) is 0 Å². The van der Waals surface area contributed by atoms with E-state index in [1.807, 2.05) is 0 Å². The van der Waals surface area contributed by atoms with Gasteiger partial charge in [0, 0.05) is 5.02 Å². The van der Waals surface area contributed by atoms with Crippen LogP contribution in [0.25, 0.3) is 0 Å². The predicted octanol–water partition coefficient (Wildman–Crippen LogP) is 3.69. The van der Waals surface area contributed by atoms with Gasteiger partial charge in [-0.25, -0.2) is 0 Å². The van der Waals surface area contributed by atoms with Crippen molar-refractivity contribution in [1.82, 2.24) is 10.2 Å². The number of hydrogen-bond donors (Lipinski definition) is 1. The monoisotopic (exact) mass is 306 g/mol. The van der Waals surface area contributed by atoms with Gasteiger partial charge in [-0.3, -0.25) is 0 Å². The van der Waals surface area contributed by atoms with Crippen molar-refractivity contribution in [3.63, 3.8) is 0 Å². The van der Waals surface area contributed by atoms with Crippen LogP contribution >= 0.6 is 11.6 Å². The highest BCUT2D eigenvalue weighted by Gasteiger charge is 2.21. The Morgan fingerprint density at radius 3 is 2.71 bits per heavy atom. The number of halogens is 1. The first-order valence-electron chi connectivity index (χ1n) is 8.40. The van der Waals surface area contributed by atoms with E-state index in [2.05, 4.69) is 35.5 Å². The van der Waals surface area contributed by atoms with E-state index in [0.29, 0.717) is 5.92 Å². The summed E-state index contributed by atoms with van der Waals surface area (Å²) in [5.41, 5.74) is 2.78. The van der Waals surface area contributed by atoms with E-state index in [-0.39, 0.29) is 0 Å². The van der Waals surface area contributed by atoms with Crippen molar-refractivity contribution >= 4 is 11.6 Å². The fourth-order valence-electron chi connectivity index (χ4n) is 3.78. The van der Waals surface area contributed by atoms with Crippen LogP contribution < -0.4 is 5.32 Å². The molecule has 1 N–H and O–H groups in total. The van der Waals surface area contributed by atoms with E-state index in [0.717, 1.165) is 17.5 Å². The topological polar surface area (TPSA) is 15.3 Å². The summed E-state index contributed by atoms with van der Waals surface area (Å²) >= 11 is 6.59. The largest absolute Gasteiger partial charge is 0.316 e. The Bertz CT molecular complexity index is 460. The number of nitrogens with zero attached hydrogens (tertiary/aromatic N) is 1. The Hall–Kier alpha value is -0.570. The molecule has 2 saturated heterocycles. The van der Waals surface area contributed by atoms with Gasteiger partial charge in [0.1, 0.15) is 0 Å². The van der Waals surface area contributed by atoms with E-state index < -0.39 is 0 Å². The molecule has 0 aliphatic carbocycles. The maximum atomic E-state index is 6.59. The Labute approximate surface area is 133 Å². The van der Waals surface area contributed by atoms with Crippen molar-refractivity contribution in [1.29, 1.82) is 0 Å². The van der Waals surface area contributed by atoms with Crippen LogP contribution in [-0.4, -0.2) is 38.1 Å². The molecule has 1 atom stereocenters. The Morgan fingerprint density at radius 2 is 2.05 bits per heavy atom. The zero-order valence-electron chi connectivity index (χ0n) is 13.1. The van der Waals surface area contributed by atoms with Gasteiger partial charge in [0.2, 0.25) is 0 Å². The normalized spacial score (nSPS) is 25.1. The second kappa shape index (κ2) is 7.13. The number of benzene rings is 1. The Balaban J connectivity index is 1.64. The van der Waals surface area contributed by atoms with Crippen molar-refractivity contribution in [2.24, 2.45) is 5.92 Å². The molecular weight excluding hydrogens is 280 g/mol. The molecule has 0 aromatic heterocycles. The average Bonchev–Trinajstić information content (AvgIpc) is 2.50. The van der Waals surface area contributed by atoms with E-state index in [9.17, 15) is 0 Å². The lowest BCUT2D eigenvalue weighted by Crippen LogP contribution is -2.30. The maximum Gasteiger partial charge on any atom is 0.0443 e. The van der Waals surface area contributed by atoms with Crippen molar-refractivity contribution in [2.75, 3.05) is 33.2 Å². The van der Waals surface area contributed by atoms with Crippen molar-refractivity contribution in [2.45, 2.75) is 38.0 Å². The van der Waals surface area contributed by atoms with Crippen molar-refractivity contribution in [3.05, 3.63) is 34.3 Å². The van der Waals surface area contributed by atoms with Gasteiger partial charge in [0.05, 0.1) is 0 Å². The van der Waals surface area contributed by atoms with Gasteiger partial charge in [-0.1, -0.05) is 23.7 Å². The van der Waals surface area contributed by atoms with Crippen LogP contribution in [0.5, 0.6) is 0 Å². The molecule has 1 unspecified atom stereocenters. The highest BCUT2D eigenvalue weighted by atomic mass is 35.5. The number of hydrogen-bond acceptors (Lipinski definition) is 2. The van der Waals surface area contributed by atoms with Crippen LogP contribution in [0.2, 0.25) is 5.02 Å². The molecule has 3 rings (SSSR count). The van der Waals surface area contributed by atoms with Gasteiger partial charge in [0.25, 0.3) is 0 Å². The van der Waals surface area contributed by atoms with E-state index in [1.165, 1.54) is 62.9 Å². The SMILES string of the molecule is CN1CCC(c2ccc(CC3CCCNC3)cc2Cl)CC1. The molecule has 2 nitrogen and oxygen atoms in total. The molecular formula is C18H27ClN2. The van der Waals surface area contributed by atoms with Crippen molar-refractivity contribution < 1.29 is 0 Å². The smallest absolute Gasteiger partial charge is 0.0443 e. The van der Waals surface area contributed by atoms with Gasteiger partial charge < -0.3 is 10.2 Å². The van der Waals surface area contributed by atoms with E-state index >= 15 is 0 Å². The van der Waals surface area contributed by atoms with Gasteiger partial charge in [0.15, 0.2) is 0 Å². The zero-order chi connectivity index (χ0) is 14.7. The molecule has 0 bridgehead atoms. The number of nitrogens with one attached hydrogen (secondary N) is 1. The maximum absolute atomic E-state index is 6.59. The molecule has 2 aliphatic heterocycles. The fourth-order valence-corrected chi connectivity index (χ4v) is 4.14. The lowest BCUT2D eigenvalue weighted by atomic mass is 9.87. The summed E-state index contributed by atoms with van der Waals surface area (Å²) in [6, 6.07) is 6.84. The summed E-state index contributed by atoms with van der Waals surface area (Å²) in [7, 11) is 2.21. The average molecular weight is 307 g/mol. The highest BCUT2D eigenvalue weighted by molar-refractivity contribution is 6.31. The number of likely N-dealkylation sites (tertiary alicyclic amines) is 1. The highest BCUT2D eigenvalue weighted by Crippen LogP contribution is 2.33.